The average molecular weight is 627 g/mol. The predicted molar refractivity (Wildman–Crippen MR) is 167 cm³/mol. The molecular formula is C32H42N4O9. The number of carbonyl (C=O) groups excluding carboxylic acids is 1. The number of methoxy groups -OCH3 is 2. The van der Waals surface area contributed by atoms with Crippen molar-refractivity contribution in [1.82, 2.24) is 15.5 Å². The fourth-order valence-electron chi connectivity index (χ4n) is 5.37. The van der Waals surface area contributed by atoms with Crippen molar-refractivity contribution < 1.29 is 38.9 Å². The molecule has 13 heteroatoms. The van der Waals surface area contributed by atoms with Crippen LogP contribution >= 0.6 is 0 Å². The maximum absolute atomic E-state index is 13.1. The molecule has 244 valence electrons. The number of nitro benzene ring substituents is 1. The zero-order chi connectivity index (χ0) is 33.3. The molecule has 0 saturated heterocycles. The van der Waals surface area contributed by atoms with Crippen LogP contribution in [0.2, 0.25) is 0 Å². The van der Waals surface area contributed by atoms with Gasteiger partial charge >= 0.3 is 11.9 Å². The molecule has 2 unspecified atom stereocenters. The van der Waals surface area contributed by atoms with Gasteiger partial charge in [0, 0.05) is 55.1 Å². The second-order valence-electron chi connectivity index (χ2n) is 11.5. The minimum Gasteiger partial charge on any atom is -0.493 e. The Morgan fingerprint density at radius 3 is 2.44 bits per heavy atom. The minimum atomic E-state index is -1.25. The molecule has 0 bridgehead atoms. The van der Waals surface area contributed by atoms with Crippen molar-refractivity contribution in [2.75, 3.05) is 47.5 Å². The second kappa shape index (κ2) is 15.5. The monoisotopic (exact) mass is 626 g/mol. The van der Waals surface area contributed by atoms with Crippen LogP contribution in [0, 0.1) is 10.1 Å². The quantitative estimate of drug-likeness (QED) is 0.122. The Bertz CT molecular complexity index is 1450. The molecule has 45 heavy (non-hydrogen) atoms. The Balaban J connectivity index is 1.71. The summed E-state index contributed by atoms with van der Waals surface area (Å²) in [6.45, 7) is 7.00. The van der Waals surface area contributed by atoms with Gasteiger partial charge in [0.15, 0.2) is 11.5 Å². The van der Waals surface area contributed by atoms with Gasteiger partial charge in [-0.15, -0.1) is 0 Å². The van der Waals surface area contributed by atoms with Crippen molar-refractivity contribution in [1.29, 1.82) is 0 Å². The van der Waals surface area contributed by atoms with Gasteiger partial charge in [0.25, 0.3) is 5.69 Å². The van der Waals surface area contributed by atoms with E-state index in [1.165, 1.54) is 25.3 Å². The number of dihydropyridines is 1. The first-order chi connectivity index (χ1) is 21.3. The number of hydrogen-bond acceptors (Lipinski definition) is 11. The number of β-amino-alcohol motifs (C(OH)–C–C–N with tert-alkyl or cyclic N) is 1. The number of carbonyl (C=O) groups is 2. The molecular weight excluding hydrogens is 584 g/mol. The highest BCUT2D eigenvalue weighted by atomic mass is 16.6. The summed E-state index contributed by atoms with van der Waals surface area (Å²) >= 11 is 0. The molecule has 0 amide bonds. The summed E-state index contributed by atoms with van der Waals surface area (Å²) in [5, 5.41) is 38.5. The topological polar surface area (TPSA) is 173 Å². The van der Waals surface area contributed by atoms with E-state index >= 15 is 0 Å². The lowest BCUT2D eigenvalue weighted by Gasteiger charge is -2.34. The van der Waals surface area contributed by atoms with Gasteiger partial charge in [-0.1, -0.05) is 24.3 Å². The van der Waals surface area contributed by atoms with Crippen molar-refractivity contribution in [3.8, 4) is 11.5 Å². The molecule has 3 rings (SSSR count). The van der Waals surface area contributed by atoms with Crippen LogP contribution in [0.1, 0.15) is 38.7 Å². The van der Waals surface area contributed by atoms with Crippen LogP contribution in [-0.4, -0.2) is 91.1 Å². The van der Waals surface area contributed by atoms with Gasteiger partial charge in [0.05, 0.1) is 36.2 Å². The normalized spacial score (nSPS) is 15.9. The Morgan fingerprint density at radius 2 is 1.82 bits per heavy atom. The highest BCUT2D eigenvalue weighted by Crippen LogP contribution is 2.40. The maximum atomic E-state index is 13.1. The fraction of sp³-hybridized carbons (Fsp3) is 0.438. The zero-order valence-corrected chi connectivity index (χ0v) is 26.5. The van der Waals surface area contributed by atoms with Gasteiger partial charge in [0.2, 0.25) is 0 Å². The van der Waals surface area contributed by atoms with Gasteiger partial charge in [-0.05, 0) is 45.5 Å². The molecule has 0 aromatic heterocycles. The van der Waals surface area contributed by atoms with Crippen LogP contribution in [0.4, 0.5) is 5.69 Å². The minimum absolute atomic E-state index is 0.0758. The van der Waals surface area contributed by atoms with Gasteiger partial charge in [-0.3, -0.25) is 10.1 Å². The summed E-state index contributed by atoms with van der Waals surface area (Å²) in [5.74, 6) is -1.93. The Kier molecular flexibility index (Phi) is 12.1. The number of nitrogens with zero attached hydrogens (tertiary/aromatic N) is 2. The predicted octanol–water partition coefficient (Wildman–Crippen LogP) is 3.21. The van der Waals surface area contributed by atoms with E-state index in [0.717, 1.165) is 0 Å². The molecule has 0 radical (unpaired) electrons. The highest BCUT2D eigenvalue weighted by Gasteiger charge is 2.38. The number of aliphatic carboxylic acids is 1. The number of nitrogens with one attached hydrogen (secondary N) is 2. The molecule has 2 aromatic carbocycles. The molecule has 2 aromatic rings. The Hall–Kier alpha value is -4.46. The summed E-state index contributed by atoms with van der Waals surface area (Å²) in [7, 11) is 4.67. The molecule has 1 heterocycles. The van der Waals surface area contributed by atoms with Crippen LogP contribution in [0.15, 0.2) is 71.1 Å². The van der Waals surface area contributed by atoms with E-state index in [9.17, 15) is 29.9 Å². The SMILES string of the molecule is COC(=O)C1=C(CCN(C)CC(C)(C)NCC(O)COc2ccccc2OC)NC(C)=C(C(=O)O)C1c1cccc([N+](=O)[O-])c1. The third kappa shape index (κ3) is 9.27. The molecule has 2 atom stereocenters. The number of aliphatic hydroxyl groups is 1. The molecule has 0 saturated carbocycles. The number of carboxylic acids is 1. The first-order valence-corrected chi connectivity index (χ1v) is 14.4. The average Bonchev–Trinajstić information content (AvgIpc) is 3.00. The number of likely N-dealkylation sites (N-methyl/N-ethyl adjacent to an activating group) is 1. The first kappa shape index (κ1) is 35.0. The number of hydrogen-bond donors (Lipinski definition) is 4. The lowest BCUT2D eigenvalue weighted by Crippen LogP contribution is -2.51. The number of benzene rings is 2. The molecule has 0 spiro atoms. The first-order valence-electron chi connectivity index (χ1n) is 14.4. The number of allylic oxidation sites excluding steroid dienone is 1. The van der Waals surface area contributed by atoms with E-state index in [1.54, 1.807) is 32.2 Å². The van der Waals surface area contributed by atoms with Crippen LogP contribution < -0.4 is 20.1 Å². The van der Waals surface area contributed by atoms with E-state index in [-0.39, 0.29) is 30.0 Å². The summed E-state index contributed by atoms with van der Waals surface area (Å²) in [5.41, 5.74) is 0.462. The van der Waals surface area contributed by atoms with Gasteiger partial charge in [0.1, 0.15) is 12.7 Å². The van der Waals surface area contributed by atoms with Gasteiger partial charge < -0.3 is 40.0 Å². The molecule has 13 nitrogen and oxygen atoms in total. The molecule has 4 N–H and O–H groups in total. The zero-order valence-electron chi connectivity index (χ0n) is 26.5. The van der Waals surface area contributed by atoms with Crippen molar-refractivity contribution in [3.05, 3.63) is 86.7 Å². The van der Waals surface area contributed by atoms with Gasteiger partial charge in [-0.25, -0.2) is 9.59 Å². The molecule has 0 aliphatic carbocycles. The van der Waals surface area contributed by atoms with Gasteiger partial charge in [-0.2, -0.15) is 0 Å². The van der Waals surface area contributed by atoms with E-state index in [0.29, 0.717) is 48.0 Å². The number of ether oxygens (including phenoxy) is 3. The standard InChI is InChI=1S/C32H42N4O9/c1-20-27(30(38)39)28(21-10-9-11-22(16-21)36(41)42)29(31(40)44-6)24(34-20)14-15-35(4)19-32(2,3)33-17-23(37)18-45-26-13-8-7-12-25(26)43-5/h7-13,16,23,28,33-34,37H,14-15,17-19H2,1-6H3,(H,38,39). The van der Waals surface area contributed by atoms with E-state index < -0.39 is 34.4 Å². The third-order valence-corrected chi connectivity index (χ3v) is 7.42. The number of nitro groups is 1. The van der Waals surface area contributed by atoms with Crippen LogP contribution in [0.3, 0.4) is 0 Å². The summed E-state index contributed by atoms with van der Waals surface area (Å²) in [6, 6.07) is 12.8. The molecule has 0 fully saturated rings. The molecule has 1 aliphatic rings. The van der Waals surface area contributed by atoms with Crippen molar-refractivity contribution in [2.24, 2.45) is 0 Å². The summed E-state index contributed by atoms with van der Waals surface area (Å²) in [6.07, 6.45) is -0.440. The summed E-state index contributed by atoms with van der Waals surface area (Å²) < 4.78 is 16.1. The number of esters is 1. The van der Waals surface area contributed by atoms with Crippen LogP contribution in [0.5, 0.6) is 11.5 Å². The van der Waals surface area contributed by atoms with E-state index in [2.05, 4.69) is 10.6 Å². The van der Waals surface area contributed by atoms with Crippen molar-refractivity contribution in [3.63, 3.8) is 0 Å². The highest BCUT2D eigenvalue weighted by molar-refractivity contribution is 5.99. The van der Waals surface area contributed by atoms with E-state index in [4.69, 9.17) is 14.2 Å². The van der Waals surface area contributed by atoms with Crippen molar-refractivity contribution >= 4 is 17.6 Å². The van der Waals surface area contributed by atoms with E-state index in [1.807, 2.05) is 37.9 Å². The summed E-state index contributed by atoms with van der Waals surface area (Å²) in [4.78, 5) is 38.4. The smallest absolute Gasteiger partial charge is 0.336 e. The Morgan fingerprint density at radius 1 is 1.13 bits per heavy atom. The number of para-hydroxylation sites is 2. The van der Waals surface area contributed by atoms with Crippen LogP contribution in [0.25, 0.3) is 0 Å². The maximum Gasteiger partial charge on any atom is 0.336 e. The lowest BCUT2D eigenvalue weighted by molar-refractivity contribution is -0.384. The number of rotatable bonds is 16. The Labute approximate surface area is 262 Å². The fourth-order valence-corrected chi connectivity index (χ4v) is 5.37. The number of carboxylic acid groups (broad SMARTS) is 1. The largest absolute Gasteiger partial charge is 0.493 e. The number of aliphatic hydroxyl groups excluding tert-OH is 1. The third-order valence-electron chi connectivity index (χ3n) is 7.42. The molecule has 1 aliphatic heterocycles. The number of non-ortho nitro benzene ring substituents is 1. The van der Waals surface area contributed by atoms with Crippen molar-refractivity contribution in [2.45, 2.75) is 44.8 Å². The second-order valence-corrected chi connectivity index (χ2v) is 11.5. The lowest BCUT2D eigenvalue weighted by atomic mass is 9.79. The van der Waals surface area contributed by atoms with Crippen LogP contribution in [-0.2, 0) is 14.3 Å².